The minimum Gasteiger partial charge on any atom is -0.481 e. The number of carbonyl (C=O) groups excluding carboxylic acids is 2. The molecule has 1 rings (SSSR count). The number of aliphatic carboxylic acids is 1. The molecule has 0 saturated heterocycles. The number of nitrogens with zero attached hydrogens (tertiary/aromatic N) is 1. The van der Waals surface area contributed by atoms with Crippen LogP contribution in [0.25, 0.3) is 0 Å². The van der Waals surface area contributed by atoms with Crippen molar-refractivity contribution in [1.82, 2.24) is 10.2 Å². The summed E-state index contributed by atoms with van der Waals surface area (Å²) in [7, 11) is 1.63. The largest absolute Gasteiger partial charge is 0.481 e. The summed E-state index contributed by atoms with van der Waals surface area (Å²) < 4.78 is 0. The third-order valence-electron chi connectivity index (χ3n) is 2.68. The second kappa shape index (κ2) is 8.31. The number of carboxylic acids is 1. The highest BCUT2D eigenvalue weighted by molar-refractivity contribution is 7.12. The molecule has 6 nitrogen and oxygen atoms in total. The molecule has 2 amide bonds. The van der Waals surface area contributed by atoms with E-state index in [4.69, 9.17) is 5.11 Å². The summed E-state index contributed by atoms with van der Waals surface area (Å²) in [4.78, 5) is 35.8. The van der Waals surface area contributed by atoms with E-state index in [2.05, 4.69) is 5.32 Å². The molecule has 1 heterocycles. The molecule has 0 aromatic carbocycles. The van der Waals surface area contributed by atoms with Crippen LogP contribution in [0.4, 0.5) is 0 Å². The molecule has 0 spiro atoms. The van der Waals surface area contributed by atoms with Gasteiger partial charge in [0.15, 0.2) is 0 Å². The van der Waals surface area contributed by atoms with Crippen molar-refractivity contribution >= 4 is 29.1 Å². The maximum absolute atomic E-state index is 11.7. The summed E-state index contributed by atoms with van der Waals surface area (Å²) in [5.41, 5.74) is 0. The summed E-state index contributed by atoms with van der Waals surface area (Å²) in [6.45, 7) is 0.683. The lowest BCUT2D eigenvalue weighted by Gasteiger charge is -2.16. The van der Waals surface area contributed by atoms with Crippen LogP contribution in [0.2, 0.25) is 0 Å². The Bertz CT molecular complexity index is 459. The van der Waals surface area contributed by atoms with Gasteiger partial charge in [0, 0.05) is 33.0 Å². The minimum absolute atomic E-state index is 0.0483. The predicted octanol–water partition coefficient (Wildman–Crippen LogP) is 1.19. The van der Waals surface area contributed by atoms with Crippen LogP contribution in [0.3, 0.4) is 0 Å². The maximum atomic E-state index is 11.7. The molecule has 2 N–H and O–H groups in total. The van der Waals surface area contributed by atoms with Crippen molar-refractivity contribution in [3.05, 3.63) is 22.4 Å². The highest BCUT2D eigenvalue weighted by atomic mass is 32.1. The molecule has 1 aromatic rings. The van der Waals surface area contributed by atoms with Crippen molar-refractivity contribution in [1.29, 1.82) is 0 Å². The zero-order valence-corrected chi connectivity index (χ0v) is 12.1. The average molecular weight is 298 g/mol. The maximum Gasteiger partial charge on any atom is 0.303 e. The van der Waals surface area contributed by atoms with Crippen LogP contribution in [0.1, 0.15) is 28.9 Å². The monoisotopic (exact) mass is 298 g/mol. The lowest BCUT2D eigenvalue weighted by Crippen LogP contribution is -2.32. The lowest BCUT2D eigenvalue weighted by atomic mass is 10.3. The van der Waals surface area contributed by atoms with E-state index in [-0.39, 0.29) is 31.2 Å². The van der Waals surface area contributed by atoms with Gasteiger partial charge in [0.1, 0.15) is 0 Å². The number of hydrogen-bond acceptors (Lipinski definition) is 4. The lowest BCUT2D eigenvalue weighted by molar-refractivity contribution is -0.138. The Morgan fingerprint density at radius 2 is 2.10 bits per heavy atom. The Labute approximate surface area is 121 Å². The molecular formula is C13H18N2O4S. The number of carboxylic acid groups (broad SMARTS) is 1. The average Bonchev–Trinajstić information content (AvgIpc) is 2.91. The summed E-state index contributed by atoms with van der Waals surface area (Å²) >= 11 is 1.35. The molecule has 0 aliphatic carbocycles. The van der Waals surface area contributed by atoms with Gasteiger partial charge >= 0.3 is 5.97 Å². The molecule has 0 radical (unpaired) electrons. The number of carbonyl (C=O) groups is 3. The van der Waals surface area contributed by atoms with E-state index >= 15 is 0 Å². The fourth-order valence-electron chi connectivity index (χ4n) is 1.56. The van der Waals surface area contributed by atoms with E-state index < -0.39 is 5.97 Å². The third-order valence-corrected chi connectivity index (χ3v) is 3.55. The number of rotatable bonds is 8. The van der Waals surface area contributed by atoms with E-state index in [1.165, 1.54) is 16.2 Å². The van der Waals surface area contributed by atoms with Gasteiger partial charge in [-0.3, -0.25) is 14.4 Å². The van der Waals surface area contributed by atoms with Gasteiger partial charge in [-0.05, 0) is 17.9 Å². The van der Waals surface area contributed by atoms with E-state index in [1.54, 1.807) is 19.2 Å². The summed E-state index contributed by atoms with van der Waals surface area (Å²) in [5, 5.41) is 13.0. The second-order valence-corrected chi connectivity index (χ2v) is 5.24. The fourth-order valence-corrected chi connectivity index (χ4v) is 2.20. The normalized spacial score (nSPS) is 10.1. The molecule has 0 saturated carbocycles. The zero-order valence-electron chi connectivity index (χ0n) is 11.3. The van der Waals surface area contributed by atoms with Gasteiger partial charge in [0.25, 0.3) is 5.91 Å². The van der Waals surface area contributed by atoms with E-state index in [9.17, 15) is 14.4 Å². The summed E-state index contributed by atoms with van der Waals surface area (Å²) in [6, 6.07) is 3.51. The quantitative estimate of drug-likeness (QED) is 0.755. The van der Waals surface area contributed by atoms with Gasteiger partial charge in [-0.25, -0.2) is 0 Å². The van der Waals surface area contributed by atoms with Crippen molar-refractivity contribution < 1.29 is 19.5 Å². The van der Waals surface area contributed by atoms with Crippen molar-refractivity contribution in [3.8, 4) is 0 Å². The number of amides is 2. The first-order valence-electron chi connectivity index (χ1n) is 6.28. The topological polar surface area (TPSA) is 86.7 Å². The van der Waals surface area contributed by atoms with E-state index in [0.29, 0.717) is 17.8 Å². The number of hydrogen-bond donors (Lipinski definition) is 2. The van der Waals surface area contributed by atoms with Crippen LogP contribution in [0.5, 0.6) is 0 Å². The van der Waals surface area contributed by atoms with Crippen LogP contribution in [-0.2, 0) is 9.59 Å². The summed E-state index contributed by atoms with van der Waals surface area (Å²) in [5.74, 6) is -1.16. The van der Waals surface area contributed by atoms with Gasteiger partial charge in [-0.15, -0.1) is 11.3 Å². The van der Waals surface area contributed by atoms with Gasteiger partial charge in [-0.1, -0.05) is 6.07 Å². The van der Waals surface area contributed by atoms with Crippen molar-refractivity contribution in [2.75, 3.05) is 20.1 Å². The zero-order chi connectivity index (χ0) is 15.0. The first kappa shape index (κ1) is 16.2. The fraction of sp³-hybridized carbons (Fsp3) is 0.462. The molecule has 110 valence electrons. The minimum atomic E-state index is -0.867. The predicted molar refractivity (Wildman–Crippen MR) is 75.8 cm³/mol. The molecule has 0 aliphatic heterocycles. The highest BCUT2D eigenvalue weighted by Gasteiger charge is 2.11. The molecule has 0 unspecified atom stereocenters. The molecule has 0 fully saturated rings. The third kappa shape index (κ3) is 5.83. The second-order valence-electron chi connectivity index (χ2n) is 4.30. The Hall–Kier alpha value is -1.89. The Kier molecular flexibility index (Phi) is 6.72. The van der Waals surface area contributed by atoms with Gasteiger partial charge in [0.05, 0.1) is 4.88 Å². The Morgan fingerprint density at radius 1 is 1.35 bits per heavy atom. The summed E-state index contributed by atoms with van der Waals surface area (Å²) in [6.07, 6.45) is 0.687. The standard InChI is InChI=1S/C13H18N2O4S/c1-15(8-2-5-12(17)18)11(16)6-7-14-13(19)10-4-3-9-20-10/h3-4,9H,2,5-8H2,1H3,(H,14,19)(H,17,18). The molecule has 0 atom stereocenters. The van der Waals surface area contributed by atoms with Gasteiger partial charge in [0.2, 0.25) is 5.91 Å². The van der Waals surface area contributed by atoms with Crippen LogP contribution < -0.4 is 5.32 Å². The number of thiophene rings is 1. The van der Waals surface area contributed by atoms with Crippen LogP contribution >= 0.6 is 11.3 Å². The van der Waals surface area contributed by atoms with Crippen molar-refractivity contribution in [3.63, 3.8) is 0 Å². The molecule has 7 heteroatoms. The van der Waals surface area contributed by atoms with Gasteiger partial charge in [-0.2, -0.15) is 0 Å². The number of nitrogens with one attached hydrogen (secondary N) is 1. The van der Waals surface area contributed by atoms with E-state index in [0.717, 1.165) is 0 Å². The molecular weight excluding hydrogens is 280 g/mol. The van der Waals surface area contributed by atoms with Crippen LogP contribution in [0.15, 0.2) is 17.5 Å². The van der Waals surface area contributed by atoms with Crippen LogP contribution in [-0.4, -0.2) is 47.9 Å². The van der Waals surface area contributed by atoms with Crippen molar-refractivity contribution in [2.24, 2.45) is 0 Å². The van der Waals surface area contributed by atoms with E-state index in [1.807, 2.05) is 5.38 Å². The first-order chi connectivity index (χ1) is 9.50. The first-order valence-corrected chi connectivity index (χ1v) is 7.16. The molecule has 0 bridgehead atoms. The van der Waals surface area contributed by atoms with Crippen molar-refractivity contribution in [2.45, 2.75) is 19.3 Å². The SMILES string of the molecule is CN(CCCC(=O)O)C(=O)CCNC(=O)c1cccs1. The highest BCUT2D eigenvalue weighted by Crippen LogP contribution is 2.07. The molecule has 20 heavy (non-hydrogen) atoms. The Morgan fingerprint density at radius 3 is 2.70 bits per heavy atom. The molecule has 0 aliphatic rings. The van der Waals surface area contributed by atoms with Crippen LogP contribution in [0, 0.1) is 0 Å². The van der Waals surface area contributed by atoms with Gasteiger partial charge < -0.3 is 15.3 Å². The molecule has 1 aromatic heterocycles. The Balaban J connectivity index is 2.19. The smallest absolute Gasteiger partial charge is 0.303 e.